The average molecular weight is 538 g/mol. The maximum Gasteiger partial charge on any atom is 0.244 e. The van der Waals surface area contributed by atoms with E-state index in [0.29, 0.717) is 11.5 Å². The minimum Gasteiger partial charge on any atom is -0.454 e. The Bertz CT molecular complexity index is 1410. The van der Waals surface area contributed by atoms with Crippen molar-refractivity contribution >= 4 is 27.5 Å². The molecular formula is C28H31N3O6S. The van der Waals surface area contributed by atoms with Crippen LogP contribution in [0.1, 0.15) is 16.7 Å². The molecule has 0 aliphatic carbocycles. The normalized spacial score (nSPS) is 13.0. The minimum atomic E-state index is -3.87. The van der Waals surface area contributed by atoms with E-state index in [-0.39, 0.29) is 31.4 Å². The molecule has 0 saturated heterocycles. The first-order valence-electron chi connectivity index (χ1n) is 12.1. The number of likely N-dealkylation sites (N-methyl/N-ethyl adjacent to an activating group) is 1. The maximum atomic E-state index is 13.9. The second-order valence-corrected chi connectivity index (χ2v) is 11.0. The van der Waals surface area contributed by atoms with Gasteiger partial charge in [0.15, 0.2) is 11.5 Å². The number of sulfonamides is 1. The summed E-state index contributed by atoms with van der Waals surface area (Å²) in [6.45, 7) is 1.62. The van der Waals surface area contributed by atoms with Crippen LogP contribution in [-0.2, 0) is 32.6 Å². The Balaban J connectivity index is 1.71. The summed E-state index contributed by atoms with van der Waals surface area (Å²) in [5, 5.41) is 2.67. The lowest BCUT2D eigenvalue weighted by molar-refractivity contribution is -0.139. The van der Waals surface area contributed by atoms with Crippen molar-refractivity contribution in [2.24, 2.45) is 0 Å². The Morgan fingerprint density at radius 3 is 2.34 bits per heavy atom. The van der Waals surface area contributed by atoms with E-state index < -0.39 is 28.5 Å². The van der Waals surface area contributed by atoms with Gasteiger partial charge in [0.25, 0.3) is 0 Å². The molecule has 0 unspecified atom stereocenters. The van der Waals surface area contributed by atoms with Crippen molar-refractivity contribution in [3.05, 3.63) is 89.5 Å². The summed E-state index contributed by atoms with van der Waals surface area (Å²) in [5.41, 5.74) is 2.97. The number of fused-ring (bicyclic) bond motifs is 1. The van der Waals surface area contributed by atoms with Crippen LogP contribution >= 0.6 is 0 Å². The van der Waals surface area contributed by atoms with Gasteiger partial charge in [-0.2, -0.15) is 0 Å². The van der Waals surface area contributed by atoms with E-state index in [2.05, 4.69) is 5.32 Å². The summed E-state index contributed by atoms with van der Waals surface area (Å²) in [4.78, 5) is 28.5. The van der Waals surface area contributed by atoms with E-state index in [1.807, 2.05) is 61.5 Å². The number of anilines is 1. The third kappa shape index (κ3) is 6.44. The Morgan fingerprint density at radius 2 is 1.66 bits per heavy atom. The highest BCUT2D eigenvalue weighted by Gasteiger charge is 2.33. The van der Waals surface area contributed by atoms with Crippen LogP contribution < -0.4 is 19.1 Å². The highest BCUT2D eigenvalue weighted by atomic mass is 32.2. The molecule has 1 heterocycles. The summed E-state index contributed by atoms with van der Waals surface area (Å²) in [6.07, 6.45) is 1.30. The van der Waals surface area contributed by atoms with Gasteiger partial charge in [-0.05, 0) is 30.2 Å². The molecule has 1 aliphatic heterocycles. The molecule has 1 N–H and O–H groups in total. The standard InChI is InChI=1S/C28H31N3O6S/c1-20-8-7-11-22(14-20)17-30(24(28(33)29-2)15-21-9-5-4-6-10-21)27(32)18-31(38(3,34)35)23-12-13-25-26(16-23)37-19-36-25/h4-14,16,24H,15,17-19H2,1-3H3,(H,29,33)/t24-/m0/s1. The van der Waals surface area contributed by atoms with Crippen LogP contribution in [0.2, 0.25) is 0 Å². The SMILES string of the molecule is CNC(=O)[C@H](Cc1ccccc1)N(Cc1cccc(C)c1)C(=O)CN(c1ccc2c(c1)OCO2)S(C)(=O)=O. The van der Waals surface area contributed by atoms with Crippen molar-refractivity contribution in [2.45, 2.75) is 25.9 Å². The maximum absolute atomic E-state index is 13.9. The quantitative estimate of drug-likeness (QED) is 0.427. The monoisotopic (exact) mass is 537 g/mol. The third-order valence-corrected chi connectivity index (χ3v) is 7.42. The van der Waals surface area contributed by atoms with Gasteiger partial charge in [-0.1, -0.05) is 60.2 Å². The van der Waals surface area contributed by atoms with Crippen LogP contribution in [0, 0.1) is 6.92 Å². The predicted molar refractivity (Wildman–Crippen MR) is 144 cm³/mol. The molecule has 0 radical (unpaired) electrons. The number of carbonyl (C=O) groups excluding carboxylic acids is 2. The van der Waals surface area contributed by atoms with E-state index in [4.69, 9.17) is 9.47 Å². The minimum absolute atomic E-state index is 0.0359. The fourth-order valence-electron chi connectivity index (χ4n) is 4.38. The molecule has 3 aromatic rings. The fraction of sp³-hybridized carbons (Fsp3) is 0.286. The molecule has 2 amide bonds. The number of nitrogens with one attached hydrogen (secondary N) is 1. The molecule has 0 fully saturated rings. The second-order valence-electron chi connectivity index (χ2n) is 9.14. The van der Waals surface area contributed by atoms with Crippen molar-refractivity contribution in [1.29, 1.82) is 0 Å². The molecule has 0 spiro atoms. The number of benzene rings is 3. The molecule has 9 nitrogen and oxygen atoms in total. The third-order valence-electron chi connectivity index (χ3n) is 6.28. The summed E-state index contributed by atoms with van der Waals surface area (Å²) in [5.74, 6) is 0.0349. The van der Waals surface area contributed by atoms with Gasteiger partial charge in [-0.25, -0.2) is 8.42 Å². The van der Waals surface area contributed by atoms with Crippen molar-refractivity contribution < 1.29 is 27.5 Å². The van der Waals surface area contributed by atoms with Gasteiger partial charge in [0, 0.05) is 26.1 Å². The topological polar surface area (TPSA) is 105 Å². The zero-order valence-electron chi connectivity index (χ0n) is 21.6. The van der Waals surface area contributed by atoms with E-state index >= 15 is 0 Å². The Morgan fingerprint density at radius 1 is 0.947 bits per heavy atom. The highest BCUT2D eigenvalue weighted by Crippen LogP contribution is 2.36. The number of nitrogens with zero attached hydrogens (tertiary/aromatic N) is 2. The van der Waals surface area contributed by atoms with Crippen LogP contribution in [0.4, 0.5) is 5.69 Å². The number of carbonyl (C=O) groups is 2. The molecule has 1 atom stereocenters. The lowest BCUT2D eigenvalue weighted by Gasteiger charge is -2.33. The van der Waals surface area contributed by atoms with Gasteiger partial charge >= 0.3 is 0 Å². The molecule has 0 saturated carbocycles. The van der Waals surface area contributed by atoms with Crippen LogP contribution in [0.15, 0.2) is 72.8 Å². The Hall–Kier alpha value is -4.05. The van der Waals surface area contributed by atoms with Crippen LogP contribution in [0.5, 0.6) is 11.5 Å². The Labute approximate surface area is 223 Å². The largest absolute Gasteiger partial charge is 0.454 e. The molecule has 10 heteroatoms. The van der Waals surface area contributed by atoms with E-state index in [0.717, 1.165) is 27.3 Å². The van der Waals surface area contributed by atoms with E-state index in [1.54, 1.807) is 12.1 Å². The lowest BCUT2D eigenvalue weighted by atomic mass is 10.0. The lowest BCUT2D eigenvalue weighted by Crippen LogP contribution is -2.52. The highest BCUT2D eigenvalue weighted by molar-refractivity contribution is 7.92. The first-order valence-corrected chi connectivity index (χ1v) is 14.0. The van der Waals surface area contributed by atoms with Crippen molar-refractivity contribution in [2.75, 3.05) is 30.9 Å². The van der Waals surface area contributed by atoms with Crippen LogP contribution in [0.3, 0.4) is 0 Å². The smallest absolute Gasteiger partial charge is 0.244 e. The summed E-state index contributed by atoms with van der Waals surface area (Å²) < 4.78 is 37.4. The summed E-state index contributed by atoms with van der Waals surface area (Å²) >= 11 is 0. The van der Waals surface area contributed by atoms with Crippen LogP contribution in [-0.4, -0.2) is 57.8 Å². The van der Waals surface area contributed by atoms with Crippen molar-refractivity contribution in [1.82, 2.24) is 10.2 Å². The van der Waals surface area contributed by atoms with Crippen molar-refractivity contribution in [3.63, 3.8) is 0 Å². The molecule has 3 aromatic carbocycles. The average Bonchev–Trinajstić information content (AvgIpc) is 3.36. The van der Waals surface area contributed by atoms with Gasteiger partial charge in [-0.15, -0.1) is 0 Å². The Kier molecular flexibility index (Phi) is 8.21. The first-order chi connectivity index (χ1) is 18.2. The van der Waals surface area contributed by atoms with Gasteiger partial charge in [0.1, 0.15) is 12.6 Å². The zero-order chi connectivity index (χ0) is 27.3. The number of ether oxygens (including phenoxy) is 2. The van der Waals surface area contributed by atoms with Gasteiger partial charge in [-0.3, -0.25) is 13.9 Å². The van der Waals surface area contributed by atoms with Gasteiger partial charge in [0.2, 0.25) is 28.6 Å². The predicted octanol–water partition coefficient (Wildman–Crippen LogP) is 2.88. The fourth-order valence-corrected chi connectivity index (χ4v) is 5.22. The number of hydrogen-bond donors (Lipinski definition) is 1. The van der Waals surface area contributed by atoms with E-state index in [9.17, 15) is 18.0 Å². The molecule has 38 heavy (non-hydrogen) atoms. The number of hydrogen-bond acceptors (Lipinski definition) is 6. The second kappa shape index (κ2) is 11.6. The number of amides is 2. The summed E-state index contributed by atoms with van der Waals surface area (Å²) in [7, 11) is -2.35. The van der Waals surface area contributed by atoms with Crippen molar-refractivity contribution in [3.8, 4) is 11.5 Å². The summed E-state index contributed by atoms with van der Waals surface area (Å²) in [6, 6.07) is 20.9. The molecule has 200 valence electrons. The molecule has 0 aromatic heterocycles. The zero-order valence-corrected chi connectivity index (χ0v) is 22.4. The molecule has 1 aliphatic rings. The molecule has 4 rings (SSSR count). The first kappa shape index (κ1) is 27.0. The van der Waals surface area contributed by atoms with Gasteiger partial charge < -0.3 is 19.7 Å². The van der Waals surface area contributed by atoms with Crippen LogP contribution in [0.25, 0.3) is 0 Å². The molecular weight excluding hydrogens is 506 g/mol. The number of rotatable bonds is 10. The van der Waals surface area contributed by atoms with Gasteiger partial charge in [0.05, 0.1) is 11.9 Å². The number of aryl methyl sites for hydroxylation is 1. The van der Waals surface area contributed by atoms with E-state index in [1.165, 1.54) is 18.0 Å². The molecule has 0 bridgehead atoms.